The summed E-state index contributed by atoms with van der Waals surface area (Å²) in [6.07, 6.45) is 1.04. The van der Waals surface area contributed by atoms with Gasteiger partial charge in [-0.3, -0.25) is 0 Å². The van der Waals surface area contributed by atoms with E-state index >= 15 is 0 Å². The first kappa shape index (κ1) is 15.8. The van der Waals surface area contributed by atoms with Gasteiger partial charge in [0.2, 0.25) is 0 Å². The molecule has 5 heteroatoms. The van der Waals surface area contributed by atoms with E-state index in [4.69, 9.17) is 9.84 Å². The van der Waals surface area contributed by atoms with Gasteiger partial charge in [-0.15, -0.1) is 0 Å². The molecule has 0 aromatic rings. The highest BCUT2D eigenvalue weighted by Gasteiger charge is 2.39. The van der Waals surface area contributed by atoms with Crippen LogP contribution in [0.5, 0.6) is 0 Å². The Morgan fingerprint density at radius 1 is 1.12 bits per heavy atom. The molecular weight excluding hydrogens is 212 g/mol. The molecule has 0 fully saturated rings. The first-order valence-electron chi connectivity index (χ1n) is 5.58. The van der Waals surface area contributed by atoms with E-state index in [2.05, 4.69) is 0 Å². The van der Waals surface area contributed by atoms with Crippen LogP contribution in [0.4, 0.5) is 0 Å². The van der Waals surface area contributed by atoms with Crippen LogP contribution in [-0.2, 0) is 4.74 Å². The van der Waals surface area contributed by atoms with Crippen LogP contribution in [0, 0.1) is 5.41 Å². The van der Waals surface area contributed by atoms with E-state index in [0.717, 1.165) is 0 Å². The molecule has 0 amide bonds. The molecule has 0 bridgehead atoms. The topological polar surface area (TPSA) is 90.2 Å². The van der Waals surface area contributed by atoms with Crippen LogP contribution in [0.25, 0.3) is 0 Å². The molecule has 0 aromatic heterocycles. The zero-order valence-electron chi connectivity index (χ0n) is 10.3. The van der Waals surface area contributed by atoms with Crippen LogP contribution in [0.1, 0.15) is 40.0 Å². The number of aliphatic hydroxyl groups excluding tert-OH is 2. The molecule has 0 aromatic carbocycles. The van der Waals surface area contributed by atoms with Crippen molar-refractivity contribution in [1.29, 1.82) is 0 Å². The summed E-state index contributed by atoms with van der Waals surface area (Å²) in [6, 6.07) is 0. The van der Waals surface area contributed by atoms with Gasteiger partial charge in [-0.25, -0.2) is 0 Å². The number of aliphatic hydroxyl groups is 4. The quantitative estimate of drug-likeness (QED) is 0.375. The normalized spacial score (nSPS) is 15.2. The van der Waals surface area contributed by atoms with Crippen molar-refractivity contribution in [2.75, 3.05) is 13.2 Å². The van der Waals surface area contributed by atoms with Crippen molar-refractivity contribution >= 4 is 0 Å². The van der Waals surface area contributed by atoms with Crippen molar-refractivity contribution in [3.8, 4) is 0 Å². The van der Waals surface area contributed by atoms with Crippen molar-refractivity contribution in [3.63, 3.8) is 0 Å². The minimum Gasteiger partial charge on any atom is -0.396 e. The van der Waals surface area contributed by atoms with Gasteiger partial charge in [0.1, 0.15) is 0 Å². The molecule has 0 heterocycles. The molecule has 16 heavy (non-hydrogen) atoms. The van der Waals surface area contributed by atoms with Gasteiger partial charge in [-0.05, 0) is 19.3 Å². The van der Waals surface area contributed by atoms with Gasteiger partial charge >= 0.3 is 0 Å². The van der Waals surface area contributed by atoms with Crippen LogP contribution < -0.4 is 0 Å². The lowest BCUT2D eigenvalue weighted by molar-refractivity contribution is -0.389. The molecule has 0 saturated heterocycles. The Kier molecular flexibility index (Phi) is 6.43. The Bertz CT molecular complexity index is 185. The average molecular weight is 236 g/mol. The smallest absolute Gasteiger partial charge is 0.283 e. The lowest BCUT2D eigenvalue weighted by atomic mass is 9.93. The van der Waals surface area contributed by atoms with Gasteiger partial charge < -0.3 is 25.2 Å². The molecule has 0 spiro atoms. The SMILES string of the molecule is CC(C)(C)C(O)(O)OCC(O)CCCCO. The first-order valence-corrected chi connectivity index (χ1v) is 5.58. The van der Waals surface area contributed by atoms with Gasteiger partial charge in [0.05, 0.1) is 12.7 Å². The second-order valence-electron chi connectivity index (χ2n) is 5.04. The Hall–Kier alpha value is -0.200. The lowest BCUT2D eigenvalue weighted by Crippen LogP contribution is -2.46. The number of rotatable bonds is 7. The third-order valence-electron chi connectivity index (χ3n) is 2.40. The summed E-state index contributed by atoms with van der Waals surface area (Å²) >= 11 is 0. The maximum Gasteiger partial charge on any atom is 0.283 e. The summed E-state index contributed by atoms with van der Waals surface area (Å²) in [4.78, 5) is 0. The second-order valence-corrected chi connectivity index (χ2v) is 5.04. The van der Waals surface area contributed by atoms with Crippen molar-refractivity contribution in [2.24, 2.45) is 5.41 Å². The molecule has 1 unspecified atom stereocenters. The van der Waals surface area contributed by atoms with Gasteiger partial charge in [-0.2, -0.15) is 0 Å². The number of ether oxygens (including phenoxy) is 1. The fraction of sp³-hybridized carbons (Fsp3) is 1.00. The van der Waals surface area contributed by atoms with Gasteiger partial charge in [0.25, 0.3) is 5.97 Å². The van der Waals surface area contributed by atoms with Crippen molar-refractivity contribution in [3.05, 3.63) is 0 Å². The van der Waals surface area contributed by atoms with E-state index in [1.165, 1.54) is 0 Å². The maximum absolute atomic E-state index is 9.55. The molecule has 0 radical (unpaired) electrons. The number of hydrogen-bond acceptors (Lipinski definition) is 5. The fourth-order valence-corrected chi connectivity index (χ4v) is 1.00. The van der Waals surface area contributed by atoms with Crippen LogP contribution in [0.3, 0.4) is 0 Å². The molecule has 0 rings (SSSR count). The lowest BCUT2D eigenvalue weighted by Gasteiger charge is -2.34. The molecular formula is C11H24O5. The largest absolute Gasteiger partial charge is 0.396 e. The van der Waals surface area contributed by atoms with Gasteiger partial charge in [-0.1, -0.05) is 20.8 Å². The summed E-state index contributed by atoms with van der Waals surface area (Å²) in [7, 11) is 0. The van der Waals surface area contributed by atoms with E-state index in [-0.39, 0.29) is 13.2 Å². The molecule has 98 valence electrons. The Labute approximate surface area is 96.7 Å². The fourth-order valence-electron chi connectivity index (χ4n) is 1.00. The van der Waals surface area contributed by atoms with Crippen molar-refractivity contribution in [1.82, 2.24) is 0 Å². The predicted molar refractivity (Wildman–Crippen MR) is 59.5 cm³/mol. The third kappa shape index (κ3) is 5.77. The molecule has 0 aliphatic rings. The van der Waals surface area contributed by atoms with Crippen LogP contribution >= 0.6 is 0 Å². The summed E-state index contributed by atoms with van der Waals surface area (Å²) in [5.74, 6) is -2.25. The predicted octanol–water partition coefficient (Wildman–Crippen LogP) is 0.211. The number of unbranched alkanes of at least 4 members (excludes halogenated alkanes) is 1. The monoisotopic (exact) mass is 236 g/mol. The highest BCUT2D eigenvalue weighted by molar-refractivity contribution is 4.72. The maximum atomic E-state index is 9.55. The van der Waals surface area contributed by atoms with E-state index in [9.17, 15) is 15.3 Å². The van der Waals surface area contributed by atoms with E-state index < -0.39 is 17.5 Å². The summed E-state index contributed by atoms with van der Waals surface area (Å²) in [5, 5.41) is 37.1. The Morgan fingerprint density at radius 2 is 1.69 bits per heavy atom. The summed E-state index contributed by atoms with van der Waals surface area (Å²) in [5.41, 5.74) is -0.835. The van der Waals surface area contributed by atoms with E-state index in [0.29, 0.717) is 19.3 Å². The average Bonchev–Trinajstić information content (AvgIpc) is 2.13. The molecule has 5 nitrogen and oxygen atoms in total. The molecule has 4 N–H and O–H groups in total. The Morgan fingerprint density at radius 3 is 2.12 bits per heavy atom. The molecule has 0 aliphatic carbocycles. The summed E-state index contributed by atoms with van der Waals surface area (Å²) < 4.78 is 4.88. The van der Waals surface area contributed by atoms with Crippen molar-refractivity contribution < 1.29 is 25.2 Å². The van der Waals surface area contributed by atoms with Crippen molar-refractivity contribution in [2.45, 2.75) is 52.1 Å². The highest BCUT2D eigenvalue weighted by atomic mass is 16.8. The third-order valence-corrected chi connectivity index (χ3v) is 2.40. The zero-order valence-corrected chi connectivity index (χ0v) is 10.3. The standard InChI is InChI=1S/C11H24O5/c1-10(2,3)11(14,15)16-8-9(13)6-4-5-7-12/h9,12-15H,4-8H2,1-3H3. The van der Waals surface area contributed by atoms with E-state index in [1.54, 1.807) is 20.8 Å². The zero-order chi connectivity index (χ0) is 12.8. The van der Waals surface area contributed by atoms with Gasteiger partial charge in [0, 0.05) is 12.0 Å². The Balaban J connectivity index is 3.86. The first-order chi connectivity index (χ1) is 7.20. The molecule has 1 atom stereocenters. The molecule has 0 aliphatic heterocycles. The van der Waals surface area contributed by atoms with Crippen LogP contribution in [-0.4, -0.2) is 45.7 Å². The minimum absolute atomic E-state index is 0.0967. The highest BCUT2D eigenvalue weighted by Crippen LogP contribution is 2.28. The van der Waals surface area contributed by atoms with Crippen LogP contribution in [0.15, 0.2) is 0 Å². The number of hydrogen-bond donors (Lipinski definition) is 4. The minimum atomic E-state index is -2.25. The second kappa shape index (κ2) is 6.51. The van der Waals surface area contributed by atoms with Gasteiger partial charge in [0.15, 0.2) is 0 Å². The van der Waals surface area contributed by atoms with E-state index in [1.807, 2.05) is 0 Å². The summed E-state index contributed by atoms with van der Waals surface area (Å²) in [6.45, 7) is 4.86. The molecule has 0 saturated carbocycles. The van der Waals surface area contributed by atoms with Crippen LogP contribution in [0.2, 0.25) is 0 Å².